The van der Waals surface area contributed by atoms with Crippen LogP contribution in [0.25, 0.3) is 0 Å². The Kier molecular flexibility index (Phi) is 3.71. The van der Waals surface area contributed by atoms with E-state index in [1.54, 1.807) is 0 Å². The van der Waals surface area contributed by atoms with Crippen LogP contribution < -0.4 is 0 Å². The van der Waals surface area contributed by atoms with Gasteiger partial charge in [-0.15, -0.1) is 0 Å². The molecule has 0 amide bonds. The minimum Gasteiger partial charge on any atom is -0.298 e. The number of hydrogen-bond donors (Lipinski definition) is 0. The Morgan fingerprint density at radius 3 is 2.21 bits per heavy atom. The molecule has 0 aliphatic heterocycles. The molecule has 1 aliphatic rings. The molecule has 0 heterocycles. The van der Waals surface area contributed by atoms with E-state index < -0.39 is 0 Å². The van der Waals surface area contributed by atoms with E-state index in [4.69, 9.17) is 0 Å². The molecule has 0 saturated heterocycles. The lowest BCUT2D eigenvalue weighted by Gasteiger charge is -2.43. The predicted octanol–water partition coefficient (Wildman–Crippen LogP) is 2.48. The summed E-state index contributed by atoms with van der Waals surface area (Å²) in [6, 6.07) is 0. The molecule has 2 heteroatoms. The third-order valence-corrected chi connectivity index (χ3v) is 3.80. The number of Topliss-reactive ketones (excluding diaryl/α,β-unsaturated/α-hetero) is 1. The third-order valence-electron chi connectivity index (χ3n) is 3.80. The maximum atomic E-state index is 12.0. The van der Waals surface area contributed by atoms with Crippen molar-refractivity contribution in [3.05, 3.63) is 0 Å². The fourth-order valence-corrected chi connectivity index (χ4v) is 2.54. The van der Waals surface area contributed by atoms with Crippen LogP contribution in [0.3, 0.4) is 0 Å². The first kappa shape index (κ1) is 11.7. The lowest BCUT2D eigenvalue weighted by Crippen LogP contribution is -2.52. The van der Waals surface area contributed by atoms with E-state index in [-0.39, 0.29) is 5.54 Å². The molecule has 0 unspecified atom stereocenters. The second-order valence-electron chi connectivity index (χ2n) is 4.89. The van der Waals surface area contributed by atoms with Gasteiger partial charge >= 0.3 is 0 Å². The fraction of sp³-hybridized carbons (Fsp3) is 0.917. The smallest absolute Gasteiger partial charge is 0.152 e. The number of ketones is 1. The number of hydrogen-bond acceptors (Lipinski definition) is 2. The summed E-state index contributed by atoms with van der Waals surface area (Å²) >= 11 is 0. The number of carbonyl (C=O) groups is 1. The average Bonchev–Trinajstić information content (AvgIpc) is 2.18. The van der Waals surface area contributed by atoms with Gasteiger partial charge in [-0.2, -0.15) is 0 Å². The summed E-state index contributed by atoms with van der Waals surface area (Å²) in [5.74, 6) is 1.22. The predicted molar refractivity (Wildman–Crippen MR) is 59.3 cm³/mol. The van der Waals surface area contributed by atoms with E-state index >= 15 is 0 Å². The highest BCUT2D eigenvalue weighted by Crippen LogP contribution is 2.36. The first-order chi connectivity index (χ1) is 6.53. The molecule has 1 rings (SSSR count). The van der Waals surface area contributed by atoms with Gasteiger partial charge < -0.3 is 0 Å². The molecule has 0 atom stereocenters. The summed E-state index contributed by atoms with van der Waals surface area (Å²) in [6.07, 6.45) is 5.17. The van der Waals surface area contributed by atoms with Crippen LogP contribution in [0.4, 0.5) is 0 Å². The SMILES string of the molecule is CCC(=O)C1(N(C)C)CCC(C)CC1. The van der Waals surface area contributed by atoms with Gasteiger partial charge in [0.2, 0.25) is 0 Å². The quantitative estimate of drug-likeness (QED) is 0.692. The zero-order valence-corrected chi connectivity index (χ0v) is 9.97. The van der Waals surface area contributed by atoms with Crippen LogP contribution in [-0.4, -0.2) is 30.3 Å². The Hall–Kier alpha value is -0.370. The van der Waals surface area contributed by atoms with Crippen molar-refractivity contribution in [3.8, 4) is 0 Å². The first-order valence-corrected chi connectivity index (χ1v) is 5.73. The molecular weight excluding hydrogens is 174 g/mol. The van der Waals surface area contributed by atoms with Gasteiger partial charge in [0.05, 0.1) is 5.54 Å². The average molecular weight is 197 g/mol. The molecule has 14 heavy (non-hydrogen) atoms. The summed E-state index contributed by atoms with van der Waals surface area (Å²) in [5.41, 5.74) is -0.138. The lowest BCUT2D eigenvalue weighted by molar-refractivity contribution is -0.132. The van der Waals surface area contributed by atoms with Gasteiger partial charge in [0.25, 0.3) is 0 Å². The van der Waals surface area contributed by atoms with Crippen molar-refractivity contribution in [2.75, 3.05) is 14.1 Å². The molecule has 0 aromatic carbocycles. The van der Waals surface area contributed by atoms with Crippen LogP contribution in [-0.2, 0) is 4.79 Å². The van der Waals surface area contributed by atoms with Crippen molar-refractivity contribution >= 4 is 5.78 Å². The van der Waals surface area contributed by atoms with E-state index in [1.807, 2.05) is 21.0 Å². The van der Waals surface area contributed by atoms with Crippen molar-refractivity contribution in [2.24, 2.45) is 5.92 Å². The third kappa shape index (κ3) is 2.00. The molecule has 0 spiro atoms. The molecule has 0 aromatic rings. The van der Waals surface area contributed by atoms with Crippen LogP contribution in [0.1, 0.15) is 46.0 Å². The van der Waals surface area contributed by atoms with Gasteiger partial charge in [0.15, 0.2) is 5.78 Å². The van der Waals surface area contributed by atoms with E-state index in [0.29, 0.717) is 12.2 Å². The Morgan fingerprint density at radius 1 is 1.36 bits per heavy atom. The highest BCUT2D eigenvalue weighted by atomic mass is 16.1. The normalized spacial score (nSPS) is 33.4. The van der Waals surface area contributed by atoms with Crippen molar-refractivity contribution in [1.82, 2.24) is 4.90 Å². The van der Waals surface area contributed by atoms with Crippen LogP contribution in [0, 0.1) is 5.92 Å². The molecule has 0 bridgehead atoms. The van der Waals surface area contributed by atoms with Crippen LogP contribution in [0.15, 0.2) is 0 Å². The monoisotopic (exact) mass is 197 g/mol. The van der Waals surface area contributed by atoms with Gasteiger partial charge in [0.1, 0.15) is 0 Å². The van der Waals surface area contributed by atoms with Crippen molar-refractivity contribution < 1.29 is 4.79 Å². The van der Waals surface area contributed by atoms with Crippen molar-refractivity contribution in [3.63, 3.8) is 0 Å². The summed E-state index contributed by atoms with van der Waals surface area (Å²) in [5, 5.41) is 0. The Bertz CT molecular complexity index is 202. The Morgan fingerprint density at radius 2 is 1.86 bits per heavy atom. The van der Waals surface area contributed by atoms with E-state index in [2.05, 4.69) is 11.8 Å². The molecule has 1 fully saturated rings. The molecular formula is C12H23NO. The minimum absolute atomic E-state index is 0.138. The number of likely N-dealkylation sites (N-methyl/N-ethyl adjacent to an activating group) is 1. The zero-order valence-electron chi connectivity index (χ0n) is 9.97. The fourth-order valence-electron chi connectivity index (χ4n) is 2.54. The second-order valence-corrected chi connectivity index (χ2v) is 4.89. The minimum atomic E-state index is -0.138. The van der Waals surface area contributed by atoms with Crippen LogP contribution >= 0.6 is 0 Å². The zero-order chi connectivity index (χ0) is 10.8. The van der Waals surface area contributed by atoms with E-state index in [0.717, 1.165) is 18.8 Å². The van der Waals surface area contributed by atoms with Gasteiger partial charge in [-0.25, -0.2) is 0 Å². The molecule has 2 nitrogen and oxygen atoms in total. The Labute approximate surface area is 87.7 Å². The maximum absolute atomic E-state index is 12.0. The standard InChI is InChI=1S/C12H23NO/c1-5-11(14)12(13(3)4)8-6-10(2)7-9-12/h10H,5-9H2,1-4H3. The maximum Gasteiger partial charge on any atom is 0.152 e. The van der Waals surface area contributed by atoms with Gasteiger partial charge in [0, 0.05) is 6.42 Å². The summed E-state index contributed by atoms with van der Waals surface area (Å²) in [7, 11) is 4.09. The molecule has 1 aliphatic carbocycles. The van der Waals surface area contributed by atoms with Crippen molar-refractivity contribution in [2.45, 2.75) is 51.5 Å². The first-order valence-electron chi connectivity index (χ1n) is 5.73. The number of nitrogens with zero attached hydrogens (tertiary/aromatic N) is 1. The lowest BCUT2D eigenvalue weighted by atomic mass is 9.73. The topological polar surface area (TPSA) is 20.3 Å². The molecule has 0 radical (unpaired) electrons. The molecule has 0 N–H and O–H groups in total. The van der Waals surface area contributed by atoms with E-state index in [1.165, 1.54) is 12.8 Å². The summed E-state index contributed by atoms with van der Waals surface area (Å²) < 4.78 is 0. The Balaban J connectivity index is 2.78. The van der Waals surface area contributed by atoms with Gasteiger partial charge in [-0.1, -0.05) is 13.8 Å². The molecule has 82 valence electrons. The van der Waals surface area contributed by atoms with Crippen LogP contribution in [0.2, 0.25) is 0 Å². The van der Waals surface area contributed by atoms with E-state index in [9.17, 15) is 4.79 Å². The second kappa shape index (κ2) is 4.43. The number of rotatable bonds is 3. The van der Waals surface area contributed by atoms with Gasteiger partial charge in [-0.3, -0.25) is 9.69 Å². The van der Waals surface area contributed by atoms with Crippen LogP contribution in [0.5, 0.6) is 0 Å². The molecule has 1 saturated carbocycles. The van der Waals surface area contributed by atoms with Gasteiger partial charge in [-0.05, 0) is 45.7 Å². The van der Waals surface area contributed by atoms with Crippen molar-refractivity contribution in [1.29, 1.82) is 0 Å². The highest BCUT2D eigenvalue weighted by molar-refractivity contribution is 5.88. The highest BCUT2D eigenvalue weighted by Gasteiger charge is 2.41. The molecule has 0 aromatic heterocycles. The largest absolute Gasteiger partial charge is 0.298 e. The summed E-state index contributed by atoms with van der Waals surface area (Å²) in [6.45, 7) is 4.27. The summed E-state index contributed by atoms with van der Waals surface area (Å²) in [4.78, 5) is 14.1. The number of carbonyl (C=O) groups excluding carboxylic acids is 1.